The van der Waals surface area contributed by atoms with E-state index in [9.17, 15) is 19.5 Å². The first-order valence-corrected chi connectivity index (χ1v) is 7.81. The molecule has 0 bridgehead atoms. The first-order valence-electron chi connectivity index (χ1n) is 7.81. The number of nitrogens with zero attached hydrogens (tertiary/aromatic N) is 1. The van der Waals surface area contributed by atoms with E-state index in [0.29, 0.717) is 18.8 Å². The first-order chi connectivity index (χ1) is 9.72. The molecule has 0 radical (unpaired) electrons. The second-order valence-corrected chi connectivity index (χ2v) is 7.33. The van der Waals surface area contributed by atoms with Gasteiger partial charge >= 0.3 is 5.97 Å². The van der Waals surface area contributed by atoms with Crippen LogP contribution in [0.15, 0.2) is 0 Å². The molecule has 2 fully saturated rings. The molecule has 0 aromatic carbocycles. The molecule has 1 N–H and O–H groups in total. The molecule has 1 aliphatic carbocycles. The van der Waals surface area contributed by atoms with Gasteiger partial charge in [-0.05, 0) is 37.0 Å². The van der Waals surface area contributed by atoms with Gasteiger partial charge in [-0.1, -0.05) is 27.2 Å². The van der Waals surface area contributed by atoms with E-state index in [1.54, 1.807) is 0 Å². The number of piperidine rings is 1. The molecule has 5 heteroatoms. The maximum Gasteiger partial charge on any atom is 0.330 e. The van der Waals surface area contributed by atoms with Gasteiger partial charge in [0.05, 0.1) is 0 Å². The molecule has 2 rings (SSSR count). The summed E-state index contributed by atoms with van der Waals surface area (Å²) in [5.41, 5.74) is -1.68. The van der Waals surface area contributed by atoms with Crippen molar-refractivity contribution in [3.63, 3.8) is 0 Å². The zero-order valence-electron chi connectivity index (χ0n) is 13.1. The van der Waals surface area contributed by atoms with Crippen LogP contribution >= 0.6 is 0 Å². The van der Waals surface area contributed by atoms with Crippen molar-refractivity contribution in [1.29, 1.82) is 0 Å². The van der Waals surface area contributed by atoms with E-state index >= 15 is 0 Å². The summed E-state index contributed by atoms with van der Waals surface area (Å²) < 4.78 is 0. The van der Waals surface area contributed by atoms with Crippen molar-refractivity contribution in [1.82, 2.24) is 4.90 Å². The molecule has 2 amide bonds. The van der Waals surface area contributed by atoms with Crippen molar-refractivity contribution in [3.8, 4) is 0 Å². The van der Waals surface area contributed by atoms with E-state index in [4.69, 9.17) is 0 Å². The SMILES string of the molecule is CCC1CCC(C(=O)O)(N2C(=O)CC(C)(C)CC2=O)CC1. The molecule has 1 saturated carbocycles. The van der Waals surface area contributed by atoms with Crippen molar-refractivity contribution < 1.29 is 19.5 Å². The highest BCUT2D eigenvalue weighted by Gasteiger charge is 2.54. The third-order valence-electron chi connectivity index (χ3n) is 5.09. The molecule has 0 unspecified atom stereocenters. The van der Waals surface area contributed by atoms with Gasteiger partial charge in [-0.15, -0.1) is 0 Å². The molecule has 0 spiro atoms. The van der Waals surface area contributed by atoms with Crippen LogP contribution in [0.1, 0.15) is 65.7 Å². The summed E-state index contributed by atoms with van der Waals surface area (Å²) in [4.78, 5) is 37.8. The fourth-order valence-electron chi connectivity index (χ4n) is 3.75. The average Bonchev–Trinajstić information content (AvgIpc) is 2.36. The normalized spacial score (nSPS) is 33.1. The molecular formula is C16H25NO4. The van der Waals surface area contributed by atoms with E-state index in [-0.39, 0.29) is 30.1 Å². The molecule has 1 heterocycles. The maximum atomic E-state index is 12.4. The summed E-state index contributed by atoms with van der Waals surface area (Å²) >= 11 is 0. The number of carbonyl (C=O) groups excluding carboxylic acids is 2. The van der Waals surface area contributed by atoms with Crippen LogP contribution in [0.2, 0.25) is 0 Å². The summed E-state index contributed by atoms with van der Waals surface area (Å²) in [5.74, 6) is -1.18. The van der Waals surface area contributed by atoms with Gasteiger partial charge in [-0.25, -0.2) is 4.79 Å². The van der Waals surface area contributed by atoms with Crippen molar-refractivity contribution in [3.05, 3.63) is 0 Å². The Kier molecular flexibility index (Phi) is 4.13. The second-order valence-electron chi connectivity index (χ2n) is 7.33. The van der Waals surface area contributed by atoms with Gasteiger partial charge in [0.1, 0.15) is 5.54 Å². The molecule has 2 aliphatic rings. The minimum atomic E-state index is -1.31. The fraction of sp³-hybridized carbons (Fsp3) is 0.812. The summed E-state index contributed by atoms with van der Waals surface area (Å²) in [7, 11) is 0. The van der Waals surface area contributed by atoms with Gasteiger partial charge in [-0.2, -0.15) is 0 Å². The minimum absolute atomic E-state index is 0.241. The second kappa shape index (κ2) is 5.43. The van der Waals surface area contributed by atoms with Gasteiger partial charge in [0.15, 0.2) is 0 Å². The number of likely N-dealkylation sites (tertiary alicyclic amines) is 1. The van der Waals surface area contributed by atoms with Crippen molar-refractivity contribution in [2.24, 2.45) is 11.3 Å². The van der Waals surface area contributed by atoms with E-state index in [0.717, 1.165) is 24.2 Å². The van der Waals surface area contributed by atoms with Gasteiger partial charge in [-0.3, -0.25) is 14.5 Å². The number of carbonyl (C=O) groups is 3. The third-order valence-corrected chi connectivity index (χ3v) is 5.09. The Bertz CT molecular complexity index is 441. The molecule has 5 nitrogen and oxygen atoms in total. The van der Waals surface area contributed by atoms with Crippen LogP contribution in [0.4, 0.5) is 0 Å². The van der Waals surface area contributed by atoms with Gasteiger partial charge in [0, 0.05) is 12.8 Å². The highest BCUT2D eigenvalue weighted by Crippen LogP contribution is 2.42. The van der Waals surface area contributed by atoms with Crippen LogP contribution in [-0.2, 0) is 14.4 Å². The number of carboxylic acids is 1. The summed E-state index contributed by atoms with van der Waals surface area (Å²) in [6.45, 7) is 5.85. The minimum Gasteiger partial charge on any atom is -0.479 e. The highest BCUT2D eigenvalue weighted by molar-refractivity contribution is 6.03. The predicted molar refractivity (Wildman–Crippen MR) is 77.5 cm³/mol. The summed E-state index contributed by atoms with van der Waals surface area (Å²) in [6, 6.07) is 0. The van der Waals surface area contributed by atoms with Gasteiger partial charge in [0.2, 0.25) is 11.8 Å². The lowest BCUT2D eigenvalue weighted by Gasteiger charge is -2.47. The molecule has 0 aromatic heterocycles. The summed E-state index contributed by atoms with van der Waals surface area (Å²) in [6.07, 6.45) is 3.81. The fourth-order valence-corrected chi connectivity index (χ4v) is 3.75. The topological polar surface area (TPSA) is 74.7 Å². The molecule has 0 aromatic rings. The Morgan fingerprint density at radius 1 is 1.19 bits per heavy atom. The quantitative estimate of drug-likeness (QED) is 0.812. The molecule has 118 valence electrons. The number of hydrogen-bond donors (Lipinski definition) is 1. The highest BCUT2D eigenvalue weighted by atomic mass is 16.4. The van der Waals surface area contributed by atoms with E-state index in [2.05, 4.69) is 6.92 Å². The third kappa shape index (κ3) is 2.83. The predicted octanol–water partition coefficient (Wildman–Crippen LogP) is 2.59. The van der Waals surface area contributed by atoms with E-state index in [1.165, 1.54) is 0 Å². The van der Waals surface area contributed by atoms with Crippen LogP contribution in [0.5, 0.6) is 0 Å². The van der Waals surface area contributed by atoms with Crippen LogP contribution in [0.25, 0.3) is 0 Å². The van der Waals surface area contributed by atoms with Crippen LogP contribution in [0.3, 0.4) is 0 Å². The number of carboxylic acid groups (broad SMARTS) is 1. The largest absolute Gasteiger partial charge is 0.479 e. The average molecular weight is 295 g/mol. The molecule has 1 saturated heterocycles. The monoisotopic (exact) mass is 295 g/mol. The number of rotatable bonds is 3. The lowest BCUT2D eigenvalue weighted by molar-refractivity contribution is -0.175. The Labute approximate surface area is 125 Å². The number of amides is 2. The van der Waals surface area contributed by atoms with Crippen LogP contribution in [0, 0.1) is 11.3 Å². The standard InChI is InChI=1S/C16H25NO4/c1-4-11-5-7-16(8-6-11,14(20)21)17-12(18)9-15(2,3)10-13(17)19/h11H,4-10H2,1-3H3,(H,20,21). The van der Waals surface area contributed by atoms with Crippen molar-refractivity contribution in [2.75, 3.05) is 0 Å². The number of aliphatic carboxylic acids is 1. The summed E-state index contributed by atoms with van der Waals surface area (Å²) in [5, 5.41) is 9.72. The Hall–Kier alpha value is -1.39. The van der Waals surface area contributed by atoms with Crippen LogP contribution in [-0.4, -0.2) is 33.3 Å². The molecule has 0 atom stereocenters. The van der Waals surface area contributed by atoms with E-state index in [1.807, 2.05) is 13.8 Å². The van der Waals surface area contributed by atoms with E-state index < -0.39 is 11.5 Å². The Morgan fingerprint density at radius 3 is 2.05 bits per heavy atom. The lowest BCUT2D eigenvalue weighted by atomic mass is 9.72. The zero-order valence-corrected chi connectivity index (χ0v) is 13.1. The Balaban J connectivity index is 2.29. The van der Waals surface area contributed by atoms with Crippen molar-refractivity contribution >= 4 is 17.8 Å². The van der Waals surface area contributed by atoms with Crippen molar-refractivity contribution in [2.45, 2.75) is 71.3 Å². The van der Waals surface area contributed by atoms with Gasteiger partial charge in [0.25, 0.3) is 0 Å². The smallest absolute Gasteiger partial charge is 0.330 e. The number of imide groups is 1. The lowest BCUT2D eigenvalue weighted by Crippen LogP contribution is -2.63. The van der Waals surface area contributed by atoms with Crippen LogP contribution < -0.4 is 0 Å². The first kappa shape index (κ1) is 16.0. The zero-order chi connectivity index (χ0) is 15.8. The maximum absolute atomic E-state index is 12.4. The molecule has 21 heavy (non-hydrogen) atoms. The number of hydrogen-bond acceptors (Lipinski definition) is 3. The Morgan fingerprint density at radius 2 is 1.67 bits per heavy atom. The van der Waals surface area contributed by atoms with Gasteiger partial charge < -0.3 is 5.11 Å². The molecule has 1 aliphatic heterocycles. The molecular weight excluding hydrogens is 270 g/mol.